The van der Waals surface area contributed by atoms with Gasteiger partial charge in [0.1, 0.15) is 12.4 Å². The van der Waals surface area contributed by atoms with Crippen molar-refractivity contribution < 1.29 is 9.84 Å². The number of rotatable bonds is 7. The highest BCUT2D eigenvalue weighted by Gasteiger charge is 2.11. The maximum Gasteiger partial charge on any atom is 0.120 e. The molecule has 0 aliphatic heterocycles. The van der Waals surface area contributed by atoms with Crippen molar-refractivity contribution in [3.63, 3.8) is 0 Å². The Morgan fingerprint density at radius 2 is 1.90 bits per heavy atom. The highest BCUT2D eigenvalue weighted by atomic mass is 16.5. The standard InChI is InChI=1S/C24H25N3O2/c1-16-22-12-18(8-10-24(22)27-26-16)23-13-21(9-7-19(23)14-28)29-15-20(25)11-17-5-3-2-4-6-17/h2-10,12-13,20,28H,11,14-15,25H2,1H3,(H,26,27)/t20-/m1/s1. The SMILES string of the molecule is Cc1[nH]nc2ccc(-c3cc(OC[C@H](N)Cc4ccccc4)ccc3CO)cc12. The Bertz CT molecular complexity index is 1110. The van der Waals surface area contributed by atoms with Gasteiger partial charge in [0.15, 0.2) is 0 Å². The Kier molecular flexibility index (Phi) is 5.60. The van der Waals surface area contributed by atoms with E-state index < -0.39 is 0 Å². The van der Waals surface area contributed by atoms with Gasteiger partial charge in [-0.3, -0.25) is 5.10 Å². The van der Waals surface area contributed by atoms with Gasteiger partial charge in [-0.1, -0.05) is 42.5 Å². The summed E-state index contributed by atoms with van der Waals surface area (Å²) in [6.45, 7) is 2.39. The van der Waals surface area contributed by atoms with E-state index in [0.717, 1.165) is 45.5 Å². The maximum absolute atomic E-state index is 9.80. The molecule has 4 rings (SSSR count). The molecule has 3 aromatic carbocycles. The van der Waals surface area contributed by atoms with Crippen LogP contribution in [0.4, 0.5) is 0 Å². The van der Waals surface area contributed by atoms with Crippen LogP contribution >= 0.6 is 0 Å². The number of nitrogens with two attached hydrogens (primary N) is 1. The number of aliphatic hydroxyl groups excluding tert-OH is 1. The Morgan fingerprint density at radius 1 is 1.07 bits per heavy atom. The van der Waals surface area contributed by atoms with Crippen molar-refractivity contribution in [1.82, 2.24) is 10.2 Å². The summed E-state index contributed by atoms with van der Waals surface area (Å²) < 4.78 is 5.97. The number of aliphatic hydroxyl groups is 1. The van der Waals surface area contributed by atoms with E-state index in [1.807, 2.05) is 55.5 Å². The van der Waals surface area contributed by atoms with Gasteiger partial charge in [0.05, 0.1) is 12.1 Å². The molecule has 0 aliphatic carbocycles. The predicted octanol–water partition coefficient (Wildman–Crippen LogP) is 3.98. The van der Waals surface area contributed by atoms with Gasteiger partial charge in [-0.05, 0) is 59.9 Å². The molecule has 0 bridgehead atoms. The average molecular weight is 387 g/mol. The lowest BCUT2D eigenvalue weighted by Gasteiger charge is -2.15. The molecule has 0 unspecified atom stereocenters. The van der Waals surface area contributed by atoms with E-state index in [9.17, 15) is 5.11 Å². The molecule has 0 aliphatic rings. The quantitative estimate of drug-likeness (QED) is 0.448. The summed E-state index contributed by atoms with van der Waals surface area (Å²) in [5.41, 5.74) is 12.2. The van der Waals surface area contributed by atoms with Crippen LogP contribution in [0.25, 0.3) is 22.0 Å². The predicted molar refractivity (Wildman–Crippen MR) is 116 cm³/mol. The third-order valence-corrected chi connectivity index (χ3v) is 5.11. The number of nitrogens with one attached hydrogen (secondary N) is 1. The molecule has 0 amide bonds. The average Bonchev–Trinajstić information content (AvgIpc) is 3.13. The van der Waals surface area contributed by atoms with Gasteiger partial charge in [-0.2, -0.15) is 5.10 Å². The first-order valence-electron chi connectivity index (χ1n) is 9.75. The minimum absolute atomic E-state index is 0.0362. The molecule has 148 valence electrons. The number of hydrogen-bond donors (Lipinski definition) is 3. The zero-order chi connectivity index (χ0) is 20.2. The number of aromatic nitrogens is 2. The lowest BCUT2D eigenvalue weighted by atomic mass is 9.98. The summed E-state index contributed by atoms with van der Waals surface area (Å²) in [6.07, 6.45) is 0.763. The van der Waals surface area contributed by atoms with Crippen LogP contribution in [0.2, 0.25) is 0 Å². The molecule has 1 atom stereocenters. The number of nitrogens with zero attached hydrogens (tertiary/aromatic N) is 1. The van der Waals surface area contributed by atoms with Crippen molar-refractivity contribution >= 4 is 10.9 Å². The molecule has 5 heteroatoms. The Hall–Kier alpha value is -3.15. The molecule has 1 heterocycles. The Labute approximate surface area is 170 Å². The number of aryl methyl sites for hydroxylation is 1. The molecule has 0 radical (unpaired) electrons. The van der Waals surface area contributed by atoms with Crippen molar-refractivity contribution in [3.8, 4) is 16.9 Å². The van der Waals surface area contributed by atoms with E-state index in [1.54, 1.807) is 0 Å². The first-order valence-corrected chi connectivity index (χ1v) is 9.75. The Balaban J connectivity index is 1.54. The fourth-order valence-corrected chi connectivity index (χ4v) is 3.54. The van der Waals surface area contributed by atoms with Gasteiger partial charge >= 0.3 is 0 Å². The summed E-state index contributed by atoms with van der Waals surface area (Å²) in [7, 11) is 0. The zero-order valence-electron chi connectivity index (χ0n) is 16.4. The molecule has 4 aromatic rings. The summed E-state index contributed by atoms with van der Waals surface area (Å²) in [6, 6.07) is 21.9. The molecule has 0 saturated heterocycles. The minimum atomic E-state index is -0.0942. The van der Waals surface area contributed by atoms with Gasteiger partial charge < -0.3 is 15.6 Å². The molecule has 4 N–H and O–H groups in total. The topological polar surface area (TPSA) is 84.2 Å². The number of hydrogen-bond acceptors (Lipinski definition) is 4. The zero-order valence-corrected chi connectivity index (χ0v) is 16.4. The largest absolute Gasteiger partial charge is 0.492 e. The molecule has 1 aromatic heterocycles. The Morgan fingerprint density at radius 3 is 2.69 bits per heavy atom. The highest BCUT2D eigenvalue weighted by molar-refractivity contribution is 5.87. The van der Waals surface area contributed by atoms with E-state index >= 15 is 0 Å². The maximum atomic E-state index is 9.80. The molecule has 0 spiro atoms. The van der Waals surface area contributed by atoms with Crippen LogP contribution in [0.3, 0.4) is 0 Å². The van der Waals surface area contributed by atoms with Crippen molar-refractivity contribution in [2.75, 3.05) is 6.61 Å². The van der Waals surface area contributed by atoms with E-state index in [0.29, 0.717) is 6.61 Å². The molecule has 0 fully saturated rings. The van der Waals surface area contributed by atoms with Crippen LogP contribution in [0.15, 0.2) is 66.7 Å². The first-order chi connectivity index (χ1) is 14.1. The van der Waals surface area contributed by atoms with E-state index in [4.69, 9.17) is 10.5 Å². The smallest absolute Gasteiger partial charge is 0.120 e. The molecule has 5 nitrogen and oxygen atoms in total. The van der Waals surface area contributed by atoms with Gasteiger partial charge in [0.25, 0.3) is 0 Å². The number of H-pyrrole nitrogens is 1. The van der Waals surface area contributed by atoms with Crippen molar-refractivity contribution in [3.05, 3.63) is 83.6 Å². The van der Waals surface area contributed by atoms with Crippen LogP contribution < -0.4 is 10.5 Å². The monoisotopic (exact) mass is 387 g/mol. The van der Waals surface area contributed by atoms with E-state index in [1.165, 1.54) is 5.56 Å². The summed E-state index contributed by atoms with van der Waals surface area (Å²) in [5, 5.41) is 18.2. The third-order valence-electron chi connectivity index (χ3n) is 5.11. The molecular formula is C24H25N3O2. The molecule has 29 heavy (non-hydrogen) atoms. The second-order valence-corrected chi connectivity index (χ2v) is 7.32. The lowest BCUT2D eigenvalue weighted by Crippen LogP contribution is -2.30. The number of aromatic amines is 1. The third kappa shape index (κ3) is 4.31. The van der Waals surface area contributed by atoms with Crippen molar-refractivity contribution in [2.24, 2.45) is 5.73 Å². The van der Waals surface area contributed by atoms with Crippen LogP contribution in [0.1, 0.15) is 16.8 Å². The lowest BCUT2D eigenvalue weighted by molar-refractivity contribution is 0.279. The molecule has 0 saturated carbocycles. The van der Waals surface area contributed by atoms with Crippen LogP contribution in [-0.4, -0.2) is 28.0 Å². The first kappa shape index (κ1) is 19.2. The number of ether oxygens (including phenoxy) is 1. The molecular weight excluding hydrogens is 362 g/mol. The summed E-state index contributed by atoms with van der Waals surface area (Å²) in [5.74, 6) is 0.740. The van der Waals surface area contributed by atoms with Gasteiger partial charge in [-0.25, -0.2) is 0 Å². The number of fused-ring (bicyclic) bond motifs is 1. The van der Waals surface area contributed by atoms with Crippen LogP contribution in [-0.2, 0) is 13.0 Å². The highest BCUT2D eigenvalue weighted by Crippen LogP contribution is 2.31. The fourth-order valence-electron chi connectivity index (χ4n) is 3.54. The normalized spacial score (nSPS) is 12.2. The van der Waals surface area contributed by atoms with Crippen LogP contribution in [0.5, 0.6) is 5.75 Å². The second kappa shape index (κ2) is 8.47. The van der Waals surface area contributed by atoms with Gasteiger partial charge in [0, 0.05) is 17.1 Å². The summed E-state index contributed by atoms with van der Waals surface area (Å²) in [4.78, 5) is 0. The van der Waals surface area contributed by atoms with Crippen molar-refractivity contribution in [1.29, 1.82) is 0 Å². The minimum Gasteiger partial charge on any atom is -0.492 e. The van der Waals surface area contributed by atoms with Gasteiger partial charge in [-0.15, -0.1) is 0 Å². The van der Waals surface area contributed by atoms with E-state index in [2.05, 4.69) is 28.4 Å². The van der Waals surface area contributed by atoms with Crippen LogP contribution in [0, 0.1) is 6.92 Å². The van der Waals surface area contributed by atoms with Gasteiger partial charge in [0.2, 0.25) is 0 Å². The van der Waals surface area contributed by atoms with Crippen molar-refractivity contribution in [2.45, 2.75) is 26.0 Å². The second-order valence-electron chi connectivity index (χ2n) is 7.32. The summed E-state index contributed by atoms with van der Waals surface area (Å²) >= 11 is 0. The van der Waals surface area contributed by atoms with E-state index in [-0.39, 0.29) is 12.6 Å². The fraction of sp³-hybridized carbons (Fsp3) is 0.208. The number of benzene rings is 3.